The smallest absolute Gasteiger partial charge is 0.259 e. The van der Waals surface area contributed by atoms with Crippen LogP contribution < -0.4 is 15.5 Å². The fourth-order valence-electron chi connectivity index (χ4n) is 2.35. The molecule has 0 fully saturated rings. The molecule has 0 atom stereocenters. The van der Waals surface area contributed by atoms with Crippen molar-refractivity contribution in [2.24, 2.45) is 5.10 Å². The van der Waals surface area contributed by atoms with Crippen molar-refractivity contribution in [1.29, 1.82) is 0 Å². The molecule has 0 unspecified atom stereocenters. The summed E-state index contributed by atoms with van der Waals surface area (Å²) < 4.78 is 26.8. The van der Waals surface area contributed by atoms with Crippen molar-refractivity contribution < 1.29 is 13.2 Å². The van der Waals surface area contributed by atoms with Gasteiger partial charge >= 0.3 is 0 Å². The molecule has 0 saturated heterocycles. The van der Waals surface area contributed by atoms with E-state index in [0.717, 1.165) is 10.2 Å². The van der Waals surface area contributed by atoms with Crippen LogP contribution in [0.15, 0.2) is 58.5 Å². The van der Waals surface area contributed by atoms with Gasteiger partial charge in [-0.1, -0.05) is 35.6 Å². The summed E-state index contributed by atoms with van der Waals surface area (Å²) in [5.41, 5.74) is 4.62. The third-order valence-electron chi connectivity index (χ3n) is 3.89. The maximum atomic E-state index is 12.0. The highest BCUT2D eigenvalue weighted by atomic mass is 32.2. The van der Waals surface area contributed by atoms with Gasteiger partial charge in [0.15, 0.2) is 5.13 Å². The molecule has 3 N–H and O–H groups in total. The second-order valence-electron chi connectivity index (χ2n) is 5.80. The normalized spacial score (nSPS) is 12.1. The van der Waals surface area contributed by atoms with Crippen molar-refractivity contribution in [2.75, 3.05) is 18.9 Å². The number of hydrogen-bond donors (Lipinski definition) is 3. The molecule has 0 aliphatic carbocycles. The number of nitrogens with one attached hydrogen (secondary N) is 3. The van der Waals surface area contributed by atoms with Gasteiger partial charge in [-0.15, -0.1) is 0 Å². The first kappa shape index (κ1) is 19.9. The number of hydrazone groups is 1. The monoisotopic (exact) mass is 417 g/mol. The Labute approximate surface area is 166 Å². The average Bonchev–Trinajstić information content (AvgIpc) is 3.13. The van der Waals surface area contributed by atoms with Crippen molar-refractivity contribution in [3.8, 4) is 0 Å². The summed E-state index contributed by atoms with van der Waals surface area (Å²) in [6, 6.07) is 14.0. The molecule has 0 spiro atoms. The van der Waals surface area contributed by atoms with Crippen molar-refractivity contribution in [3.63, 3.8) is 0 Å². The predicted molar refractivity (Wildman–Crippen MR) is 111 cm³/mol. The second-order valence-corrected chi connectivity index (χ2v) is 8.72. The van der Waals surface area contributed by atoms with Crippen LogP contribution in [-0.2, 0) is 14.8 Å². The molecular weight excluding hydrogens is 398 g/mol. The van der Waals surface area contributed by atoms with Crippen LogP contribution in [0.3, 0.4) is 0 Å². The first-order valence-electron chi connectivity index (χ1n) is 8.35. The number of rotatable bonds is 7. The molecule has 0 aliphatic rings. The molecule has 8 nitrogen and oxygen atoms in total. The molecule has 3 aromatic rings. The van der Waals surface area contributed by atoms with E-state index in [1.165, 1.54) is 30.5 Å². The molecule has 0 radical (unpaired) electrons. The lowest BCUT2D eigenvalue weighted by Gasteiger charge is -2.06. The molecule has 28 heavy (non-hydrogen) atoms. The van der Waals surface area contributed by atoms with Gasteiger partial charge in [-0.25, -0.2) is 23.5 Å². The quantitative estimate of drug-likeness (QED) is 0.403. The highest BCUT2D eigenvalue weighted by molar-refractivity contribution is 7.89. The van der Waals surface area contributed by atoms with Gasteiger partial charge in [0.25, 0.3) is 5.91 Å². The van der Waals surface area contributed by atoms with Crippen LogP contribution in [0.25, 0.3) is 10.2 Å². The number of hydrogen-bond acceptors (Lipinski definition) is 7. The van der Waals surface area contributed by atoms with Crippen LogP contribution in [-0.4, -0.2) is 38.6 Å². The average molecular weight is 418 g/mol. The molecule has 0 saturated carbocycles. The van der Waals surface area contributed by atoms with Crippen LogP contribution in [0.2, 0.25) is 0 Å². The number of nitrogens with zero attached hydrogens (tertiary/aromatic N) is 2. The van der Waals surface area contributed by atoms with E-state index < -0.39 is 10.0 Å². The van der Waals surface area contributed by atoms with Crippen LogP contribution in [0, 0.1) is 0 Å². The molecule has 0 bridgehead atoms. The van der Waals surface area contributed by atoms with E-state index >= 15 is 0 Å². The summed E-state index contributed by atoms with van der Waals surface area (Å²) in [5, 5.41) is 7.70. The Morgan fingerprint density at radius 3 is 2.54 bits per heavy atom. The van der Waals surface area contributed by atoms with E-state index in [2.05, 4.69) is 25.6 Å². The lowest BCUT2D eigenvalue weighted by Crippen LogP contribution is -2.26. The zero-order valence-electron chi connectivity index (χ0n) is 15.3. The SMILES string of the molecule is CNS(=O)(=O)c1ccc(/C(C)=N\NC(=O)CNc2nc3ccccc3s2)cc1. The van der Waals surface area contributed by atoms with Gasteiger partial charge in [0.2, 0.25) is 10.0 Å². The van der Waals surface area contributed by atoms with E-state index in [0.29, 0.717) is 16.4 Å². The number of carbonyl (C=O) groups excluding carboxylic acids is 1. The van der Waals surface area contributed by atoms with Crippen molar-refractivity contribution in [3.05, 3.63) is 54.1 Å². The van der Waals surface area contributed by atoms with Gasteiger partial charge in [-0.05, 0) is 43.8 Å². The Balaban J connectivity index is 1.57. The highest BCUT2D eigenvalue weighted by Gasteiger charge is 2.11. The number of amides is 1. The standard InChI is InChI=1S/C18H19N5O3S2/c1-12(13-7-9-14(10-8-13)28(25,26)19-2)22-23-17(24)11-20-18-21-15-5-3-4-6-16(15)27-18/h3-10,19H,11H2,1-2H3,(H,20,21)(H,23,24)/b22-12-. The van der Waals surface area contributed by atoms with E-state index in [9.17, 15) is 13.2 Å². The minimum Gasteiger partial charge on any atom is -0.352 e. The molecule has 1 amide bonds. The summed E-state index contributed by atoms with van der Waals surface area (Å²) in [7, 11) is -2.13. The second kappa shape index (κ2) is 8.46. The van der Waals surface area contributed by atoms with Gasteiger partial charge < -0.3 is 5.32 Å². The van der Waals surface area contributed by atoms with E-state index in [1.54, 1.807) is 19.1 Å². The van der Waals surface area contributed by atoms with Gasteiger partial charge in [-0.3, -0.25) is 4.79 Å². The van der Waals surface area contributed by atoms with E-state index in [4.69, 9.17) is 0 Å². The first-order valence-corrected chi connectivity index (χ1v) is 10.7. The number of sulfonamides is 1. The Hall–Kier alpha value is -2.82. The largest absolute Gasteiger partial charge is 0.352 e. The molecular formula is C18H19N5O3S2. The molecule has 1 aromatic heterocycles. The van der Waals surface area contributed by atoms with Gasteiger partial charge in [0.05, 0.1) is 27.4 Å². The molecule has 10 heteroatoms. The first-order chi connectivity index (χ1) is 13.4. The van der Waals surface area contributed by atoms with Gasteiger partial charge in [0, 0.05) is 0 Å². The van der Waals surface area contributed by atoms with E-state index in [-0.39, 0.29) is 17.3 Å². The fraction of sp³-hybridized carbons (Fsp3) is 0.167. The van der Waals surface area contributed by atoms with Gasteiger partial charge in [0.1, 0.15) is 0 Å². The summed E-state index contributed by atoms with van der Waals surface area (Å²) in [6.45, 7) is 1.76. The number of fused-ring (bicyclic) bond motifs is 1. The number of aromatic nitrogens is 1. The molecule has 0 aliphatic heterocycles. The van der Waals surface area contributed by atoms with Crippen LogP contribution in [0.1, 0.15) is 12.5 Å². The minimum atomic E-state index is -3.48. The lowest BCUT2D eigenvalue weighted by molar-refractivity contribution is -0.119. The summed E-state index contributed by atoms with van der Waals surface area (Å²) in [5.74, 6) is -0.312. The minimum absolute atomic E-state index is 0.0377. The van der Waals surface area contributed by atoms with Crippen LogP contribution in [0.5, 0.6) is 0 Å². The van der Waals surface area contributed by atoms with Crippen LogP contribution in [0.4, 0.5) is 5.13 Å². The van der Waals surface area contributed by atoms with E-state index in [1.807, 2.05) is 24.3 Å². The third kappa shape index (κ3) is 4.71. The highest BCUT2D eigenvalue weighted by Crippen LogP contribution is 2.24. The van der Waals surface area contributed by atoms with Crippen molar-refractivity contribution in [1.82, 2.24) is 15.1 Å². The summed E-state index contributed by atoms with van der Waals surface area (Å²) >= 11 is 1.47. The molecule has 146 valence electrons. The summed E-state index contributed by atoms with van der Waals surface area (Å²) in [6.07, 6.45) is 0. The molecule has 2 aromatic carbocycles. The zero-order chi connectivity index (χ0) is 20.1. The third-order valence-corrected chi connectivity index (χ3v) is 6.32. The molecule has 3 rings (SSSR count). The Kier molecular flexibility index (Phi) is 6.02. The Morgan fingerprint density at radius 2 is 1.86 bits per heavy atom. The topological polar surface area (TPSA) is 113 Å². The van der Waals surface area contributed by atoms with Crippen molar-refractivity contribution >= 4 is 48.3 Å². The Morgan fingerprint density at radius 1 is 1.14 bits per heavy atom. The number of carbonyl (C=O) groups is 1. The number of para-hydroxylation sites is 1. The summed E-state index contributed by atoms with van der Waals surface area (Å²) in [4.78, 5) is 16.6. The maximum Gasteiger partial charge on any atom is 0.259 e. The van der Waals surface area contributed by atoms with Crippen molar-refractivity contribution in [2.45, 2.75) is 11.8 Å². The number of thiazole rings is 1. The zero-order valence-corrected chi connectivity index (χ0v) is 16.9. The fourth-order valence-corrected chi connectivity index (χ4v) is 3.94. The lowest BCUT2D eigenvalue weighted by atomic mass is 10.1. The maximum absolute atomic E-state index is 12.0. The Bertz CT molecular complexity index is 1090. The van der Waals surface area contributed by atoms with Gasteiger partial charge in [-0.2, -0.15) is 5.10 Å². The number of anilines is 1. The van der Waals surface area contributed by atoms with Crippen LogP contribution >= 0.6 is 11.3 Å². The predicted octanol–water partition coefficient (Wildman–Crippen LogP) is 2.16. The molecule has 1 heterocycles. The number of benzene rings is 2.